The van der Waals surface area contributed by atoms with E-state index in [0.717, 1.165) is 26.9 Å². The number of carbonyl (C=O) groups is 1. The zero-order chi connectivity index (χ0) is 13.9. The molecule has 1 amide bonds. The molecule has 0 saturated heterocycles. The van der Waals surface area contributed by atoms with E-state index in [1.165, 1.54) is 28.7 Å². The molecule has 4 nitrogen and oxygen atoms in total. The van der Waals surface area contributed by atoms with Gasteiger partial charge in [0.25, 0.3) is 0 Å². The van der Waals surface area contributed by atoms with Gasteiger partial charge in [-0.25, -0.2) is 4.98 Å². The van der Waals surface area contributed by atoms with Crippen LogP contribution in [0.1, 0.15) is 5.56 Å². The fourth-order valence-electron chi connectivity index (χ4n) is 1.77. The van der Waals surface area contributed by atoms with Crippen LogP contribution in [0.4, 0.5) is 5.13 Å². The number of rotatable bonds is 3. The molecule has 0 atom stereocenters. The van der Waals surface area contributed by atoms with E-state index in [1.54, 1.807) is 11.8 Å². The van der Waals surface area contributed by atoms with Gasteiger partial charge >= 0.3 is 0 Å². The minimum absolute atomic E-state index is 0.0269. The normalized spacial score (nSPS) is 14.6. The lowest BCUT2D eigenvalue weighted by atomic mass is 10.2. The molecule has 1 aromatic carbocycles. The number of fused-ring (bicyclic) bond motifs is 1. The number of thioether (sulfide) groups is 2. The summed E-state index contributed by atoms with van der Waals surface area (Å²) in [5.74, 6) is 1.39. The average Bonchev–Trinajstić information content (AvgIpc) is 3.04. The van der Waals surface area contributed by atoms with Crippen molar-refractivity contribution < 1.29 is 4.79 Å². The summed E-state index contributed by atoms with van der Waals surface area (Å²) in [4.78, 5) is 20.6. The highest BCUT2D eigenvalue weighted by molar-refractivity contribution is 8.39. The highest BCUT2D eigenvalue weighted by Gasteiger charge is 2.12. The molecule has 1 aliphatic heterocycles. The van der Waals surface area contributed by atoms with Crippen molar-refractivity contribution >= 4 is 60.5 Å². The molecule has 3 rings (SSSR count). The molecular weight excluding hydrogens is 310 g/mol. The molecule has 104 valence electrons. The number of benzene rings is 1. The largest absolute Gasteiger partial charge is 0.301 e. The monoisotopic (exact) mass is 323 g/mol. The van der Waals surface area contributed by atoms with Gasteiger partial charge < -0.3 is 5.32 Å². The molecule has 2 aromatic rings. The van der Waals surface area contributed by atoms with Gasteiger partial charge in [0.05, 0.1) is 22.5 Å². The molecule has 0 bridgehead atoms. The molecule has 20 heavy (non-hydrogen) atoms. The summed E-state index contributed by atoms with van der Waals surface area (Å²) in [7, 11) is 0. The number of nitrogens with zero attached hydrogens (tertiary/aromatic N) is 2. The number of amides is 1. The van der Waals surface area contributed by atoms with E-state index >= 15 is 0 Å². The van der Waals surface area contributed by atoms with E-state index in [-0.39, 0.29) is 5.91 Å². The van der Waals surface area contributed by atoms with Crippen LogP contribution in [0.25, 0.3) is 10.2 Å². The lowest BCUT2D eigenvalue weighted by molar-refractivity contribution is -0.113. The Labute approximate surface area is 129 Å². The van der Waals surface area contributed by atoms with Gasteiger partial charge in [-0.15, -0.1) is 0 Å². The van der Waals surface area contributed by atoms with Crippen molar-refractivity contribution in [3.8, 4) is 0 Å². The Morgan fingerprint density at radius 2 is 2.40 bits per heavy atom. The summed E-state index contributed by atoms with van der Waals surface area (Å²) in [5.41, 5.74) is 2.13. The van der Waals surface area contributed by atoms with E-state index in [9.17, 15) is 4.79 Å². The van der Waals surface area contributed by atoms with Gasteiger partial charge in [-0.2, -0.15) is 0 Å². The standard InChI is InChI=1S/C13H13N3OS3/c1-8-2-3-9-10(6-8)20-12(15-9)16-11(17)7-19-13-14-4-5-18-13/h2-3,6H,4-5,7H2,1H3,(H,15,16,17). The first kappa shape index (κ1) is 13.9. The molecule has 0 saturated carbocycles. The first-order valence-corrected chi connectivity index (χ1v) is 8.96. The third-order valence-corrected chi connectivity index (χ3v) is 5.86. The van der Waals surface area contributed by atoms with Gasteiger partial charge in [0.15, 0.2) is 5.13 Å². The van der Waals surface area contributed by atoms with E-state index in [4.69, 9.17) is 0 Å². The van der Waals surface area contributed by atoms with E-state index in [0.29, 0.717) is 10.9 Å². The fourth-order valence-corrected chi connectivity index (χ4v) is 4.56. The second-order valence-corrected chi connectivity index (χ2v) is 7.66. The summed E-state index contributed by atoms with van der Waals surface area (Å²) >= 11 is 4.72. The Morgan fingerprint density at radius 1 is 1.50 bits per heavy atom. The SMILES string of the molecule is Cc1ccc2nc(NC(=O)CSC3=NCCS3)sc2c1. The van der Waals surface area contributed by atoms with Crippen LogP contribution >= 0.6 is 34.9 Å². The molecule has 1 aromatic heterocycles. The van der Waals surface area contributed by atoms with Crippen LogP contribution < -0.4 is 5.32 Å². The van der Waals surface area contributed by atoms with Crippen LogP contribution in [0.5, 0.6) is 0 Å². The van der Waals surface area contributed by atoms with Gasteiger partial charge in [0, 0.05) is 5.75 Å². The average molecular weight is 323 g/mol. The number of anilines is 1. The Balaban J connectivity index is 1.61. The lowest BCUT2D eigenvalue weighted by Crippen LogP contribution is -2.14. The number of aliphatic imine (C=N–C) groups is 1. The van der Waals surface area contributed by atoms with Crippen molar-refractivity contribution in [1.29, 1.82) is 0 Å². The fraction of sp³-hybridized carbons (Fsp3) is 0.308. The van der Waals surface area contributed by atoms with Crippen molar-refractivity contribution in [2.24, 2.45) is 4.99 Å². The zero-order valence-corrected chi connectivity index (χ0v) is 13.3. The highest BCUT2D eigenvalue weighted by Crippen LogP contribution is 2.27. The number of nitrogens with one attached hydrogen (secondary N) is 1. The van der Waals surface area contributed by atoms with Crippen LogP contribution in [0.3, 0.4) is 0 Å². The third kappa shape index (κ3) is 3.34. The molecule has 0 spiro atoms. The second-order valence-electron chi connectivity index (χ2n) is 4.32. The Hall–Kier alpha value is -1.05. The number of aromatic nitrogens is 1. The molecule has 0 fully saturated rings. The summed E-state index contributed by atoms with van der Waals surface area (Å²) in [5, 5.41) is 3.52. The molecular formula is C13H13N3OS3. The van der Waals surface area contributed by atoms with Crippen molar-refractivity contribution in [2.75, 3.05) is 23.4 Å². The quantitative estimate of drug-likeness (QED) is 0.941. The maximum Gasteiger partial charge on any atom is 0.236 e. The Morgan fingerprint density at radius 3 is 3.20 bits per heavy atom. The predicted molar refractivity (Wildman–Crippen MR) is 90.2 cm³/mol. The molecule has 0 aliphatic carbocycles. The molecule has 1 aliphatic rings. The molecule has 0 radical (unpaired) electrons. The topological polar surface area (TPSA) is 54.4 Å². The highest BCUT2D eigenvalue weighted by atomic mass is 32.2. The number of thiazole rings is 1. The van der Waals surface area contributed by atoms with Gasteiger partial charge in [0.2, 0.25) is 5.91 Å². The van der Waals surface area contributed by atoms with E-state index in [2.05, 4.69) is 21.4 Å². The summed E-state index contributed by atoms with van der Waals surface area (Å²) < 4.78 is 2.11. The van der Waals surface area contributed by atoms with Gasteiger partial charge in [-0.05, 0) is 24.6 Å². The smallest absolute Gasteiger partial charge is 0.236 e. The second kappa shape index (κ2) is 6.15. The van der Waals surface area contributed by atoms with Crippen molar-refractivity contribution in [2.45, 2.75) is 6.92 Å². The van der Waals surface area contributed by atoms with Crippen LogP contribution in [0.15, 0.2) is 23.2 Å². The number of hydrogen-bond acceptors (Lipinski definition) is 6. The Kier molecular flexibility index (Phi) is 4.28. The molecule has 2 heterocycles. The van der Waals surface area contributed by atoms with E-state index < -0.39 is 0 Å². The Bertz CT molecular complexity index is 681. The summed E-state index contributed by atoms with van der Waals surface area (Å²) in [6.45, 7) is 2.92. The minimum Gasteiger partial charge on any atom is -0.301 e. The first-order chi connectivity index (χ1) is 9.70. The summed E-state index contributed by atoms with van der Waals surface area (Å²) in [6.07, 6.45) is 0. The zero-order valence-electron chi connectivity index (χ0n) is 10.9. The number of hydrogen-bond donors (Lipinski definition) is 1. The number of aryl methyl sites for hydroxylation is 1. The van der Waals surface area contributed by atoms with Gasteiger partial charge in [-0.1, -0.05) is 40.9 Å². The van der Waals surface area contributed by atoms with Crippen LogP contribution in [-0.2, 0) is 4.79 Å². The lowest BCUT2D eigenvalue weighted by Gasteiger charge is -2.00. The third-order valence-electron chi connectivity index (χ3n) is 2.67. The van der Waals surface area contributed by atoms with Crippen molar-refractivity contribution in [3.63, 3.8) is 0 Å². The maximum atomic E-state index is 11.9. The maximum absolute atomic E-state index is 11.9. The predicted octanol–water partition coefficient (Wildman–Crippen LogP) is 3.38. The van der Waals surface area contributed by atoms with Crippen LogP contribution in [0.2, 0.25) is 0 Å². The van der Waals surface area contributed by atoms with Crippen molar-refractivity contribution in [3.05, 3.63) is 23.8 Å². The van der Waals surface area contributed by atoms with Crippen LogP contribution in [0, 0.1) is 6.92 Å². The van der Waals surface area contributed by atoms with Crippen LogP contribution in [-0.4, -0.2) is 33.3 Å². The molecule has 1 N–H and O–H groups in total. The van der Waals surface area contributed by atoms with Gasteiger partial charge in [0.1, 0.15) is 4.38 Å². The first-order valence-electron chi connectivity index (χ1n) is 6.18. The van der Waals surface area contributed by atoms with E-state index in [1.807, 2.05) is 19.1 Å². The minimum atomic E-state index is -0.0269. The summed E-state index contributed by atoms with van der Waals surface area (Å²) in [6, 6.07) is 6.09. The molecule has 7 heteroatoms. The van der Waals surface area contributed by atoms with Crippen molar-refractivity contribution in [1.82, 2.24) is 4.98 Å². The number of carbonyl (C=O) groups excluding carboxylic acids is 1. The molecule has 0 unspecified atom stereocenters. The van der Waals surface area contributed by atoms with Gasteiger partial charge in [-0.3, -0.25) is 9.79 Å².